The van der Waals surface area contributed by atoms with E-state index >= 15 is 0 Å². The number of methoxy groups -OCH3 is 1. The van der Waals surface area contributed by atoms with Crippen molar-refractivity contribution in [2.45, 2.75) is 40.7 Å². The molecule has 0 aliphatic carbocycles. The van der Waals surface area contributed by atoms with Crippen molar-refractivity contribution in [2.24, 2.45) is 10.9 Å². The predicted octanol–water partition coefficient (Wildman–Crippen LogP) is 3.68. The Morgan fingerprint density at radius 3 is 2.45 bits per heavy atom. The summed E-state index contributed by atoms with van der Waals surface area (Å²) in [6.07, 6.45) is 1.82. The molecule has 9 heteroatoms. The van der Waals surface area contributed by atoms with Crippen molar-refractivity contribution in [3.63, 3.8) is 0 Å². The first-order chi connectivity index (χ1) is 18.1. The first-order valence-electron chi connectivity index (χ1n) is 12.2. The van der Waals surface area contributed by atoms with Crippen molar-refractivity contribution in [3.8, 4) is 11.5 Å². The molecule has 8 nitrogen and oxygen atoms in total. The molecule has 2 heterocycles. The zero-order valence-corrected chi connectivity index (χ0v) is 23.0. The SMILES string of the molecule is COc1cc(C2C(C(=O)OCC(C)C)=C(C)N=c3s/c(=C/c4ccc(C)cc4)c(=O)n32)ccc1OC(C)=O. The molecule has 1 aliphatic heterocycles. The lowest BCUT2D eigenvalue weighted by Crippen LogP contribution is -2.40. The van der Waals surface area contributed by atoms with Crippen LogP contribution < -0.4 is 24.4 Å². The molecule has 0 radical (unpaired) electrons. The predicted molar refractivity (Wildman–Crippen MR) is 145 cm³/mol. The Labute approximate surface area is 224 Å². The van der Waals surface area contributed by atoms with Crippen LogP contribution in [-0.4, -0.2) is 30.2 Å². The number of aromatic nitrogens is 1. The lowest BCUT2D eigenvalue weighted by atomic mass is 9.95. The molecule has 198 valence electrons. The molecule has 4 rings (SSSR count). The van der Waals surface area contributed by atoms with E-state index < -0.39 is 18.0 Å². The quantitative estimate of drug-likeness (QED) is 0.339. The van der Waals surface area contributed by atoms with Gasteiger partial charge in [-0.25, -0.2) is 9.79 Å². The highest BCUT2D eigenvalue weighted by molar-refractivity contribution is 7.07. The maximum Gasteiger partial charge on any atom is 0.338 e. The van der Waals surface area contributed by atoms with Gasteiger partial charge in [0.05, 0.1) is 35.6 Å². The number of fused-ring (bicyclic) bond motifs is 1. The van der Waals surface area contributed by atoms with E-state index in [0.717, 1.165) is 11.1 Å². The minimum Gasteiger partial charge on any atom is -0.493 e. The number of nitrogens with zero attached hydrogens (tertiary/aromatic N) is 2. The van der Waals surface area contributed by atoms with E-state index in [1.807, 2.05) is 51.1 Å². The molecule has 38 heavy (non-hydrogen) atoms. The van der Waals surface area contributed by atoms with Crippen LogP contribution in [0.25, 0.3) is 6.08 Å². The number of rotatable bonds is 7. The molecule has 1 atom stereocenters. The second-order valence-electron chi connectivity index (χ2n) is 9.49. The number of esters is 2. The normalized spacial score (nSPS) is 15.2. The van der Waals surface area contributed by atoms with Crippen LogP contribution in [0.1, 0.15) is 50.4 Å². The topological polar surface area (TPSA) is 96.2 Å². The Balaban J connectivity index is 1.92. The highest BCUT2D eigenvalue weighted by Gasteiger charge is 2.34. The molecule has 0 bridgehead atoms. The molecule has 1 unspecified atom stereocenters. The molecule has 0 amide bonds. The fourth-order valence-electron chi connectivity index (χ4n) is 4.13. The molecule has 0 fully saturated rings. The Bertz CT molecular complexity index is 1600. The van der Waals surface area contributed by atoms with E-state index in [4.69, 9.17) is 14.2 Å². The van der Waals surface area contributed by atoms with E-state index in [-0.39, 0.29) is 29.4 Å². The Morgan fingerprint density at radius 1 is 1.11 bits per heavy atom. The van der Waals surface area contributed by atoms with E-state index in [2.05, 4.69) is 4.99 Å². The van der Waals surface area contributed by atoms with Crippen molar-refractivity contribution >= 4 is 29.4 Å². The fourth-order valence-corrected chi connectivity index (χ4v) is 5.17. The molecule has 3 aromatic rings. The first kappa shape index (κ1) is 27.1. The zero-order valence-electron chi connectivity index (χ0n) is 22.2. The summed E-state index contributed by atoms with van der Waals surface area (Å²) in [5.41, 5.74) is 3.06. The van der Waals surface area contributed by atoms with Gasteiger partial charge < -0.3 is 14.2 Å². The lowest BCUT2D eigenvalue weighted by molar-refractivity contribution is -0.140. The van der Waals surface area contributed by atoms with Gasteiger partial charge in [-0.05, 0) is 49.1 Å². The number of thiazole rings is 1. The lowest BCUT2D eigenvalue weighted by Gasteiger charge is -2.25. The monoisotopic (exact) mass is 534 g/mol. The van der Waals surface area contributed by atoms with Gasteiger partial charge in [-0.3, -0.25) is 14.2 Å². The van der Waals surface area contributed by atoms with Gasteiger partial charge >= 0.3 is 11.9 Å². The summed E-state index contributed by atoms with van der Waals surface area (Å²) in [5.74, 6) is -0.365. The summed E-state index contributed by atoms with van der Waals surface area (Å²) in [4.78, 5) is 43.8. The number of ether oxygens (including phenoxy) is 3. The van der Waals surface area contributed by atoms with E-state index in [1.54, 1.807) is 25.1 Å². The van der Waals surface area contributed by atoms with Crippen LogP contribution in [0.4, 0.5) is 0 Å². The van der Waals surface area contributed by atoms with Crippen molar-refractivity contribution in [1.82, 2.24) is 4.57 Å². The Kier molecular flexibility index (Phi) is 7.97. The second-order valence-corrected chi connectivity index (χ2v) is 10.5. The molecule has 1 aliphatic rings. The van der Waals surface area contributed by atoms with Gasteiger partial charge in [-0.1, -0.05) is 61.1 Å². The summed E-state index contributed by atoms with van der Waals surface area (Å²) < 4.78 is 18.3. The van der Waals surface area contributed by atoms with E-state index in [9.17, 15) is 14.4 Å². The highest BCUT2D eigenvalue weighted by Crippen LogP contribution is 2.36. The van der Waals surface area contributed by atoms with Gasteiger partial charge in [-0.2, -0.15) is 0 Å². The van der Waals surface area contributed by atoms with Gasteiger partial charge in [0.1, 0.15) is 0 Å². The largest absolute Gasteiger partial charge is 0.493 e. The molecule has 0 spiro atoms. The molecular formula is C29H30N2O6S. The van der Waals surface area contributed by atoms with E-state index in [0.29, 0.717) is 26.3 Å². The number of aryl methyl sites for hydroxylation is 1. The van der Waals surface area contributed by atoms with Crippen molar-refractivity contribution in [3.05, 3.63) is 90.1 Å². The second kappa shape index (κ2) is 11.2. The van der Waals surface area contributed by atoms with Crippen LogP contribution in [0.2, 0.25) is 0 Å². The molecule has 1 aromatic heterocycles. The summed E-state index contributed by atoms with van der Waals surface area (Å²) in [6.45, 7) is 9.17. The number of benzene rings is 2. The van der Waals surface area contributed by atoms with Gasteiger partial charge in [0.25, 0.3) is 5.56 Å². The standard InChI is InChI=1S/C29H30N2O6S/c1-16(2)15-36-28(34)25-18(4)30-29-31(27(33)24(38-29)13-20-9-7-17(3)8-10-20)26(25)21-11-12-22(37-19(5)32)23(14-21)35-6/h7-14,16,26H,15H2,1-6H3/b24-13+. The molecule has 0 saturated carbocycles. The number of hydrogen-bond acceptors (Lipinski definition) is 8. The maximum atomic E-state index is 13.8. The molecular weight excluding hydrogens is 504 g/mol. The Hall–Kier alpha value is -3.98. The summed E-state index contributed by atoms with van der Waals surface area (Å²) in [7, 11) is 1.46. The smallest absolute Gasteiger partial charge is 0.338 e. The van der Waals surface area contributed by atoms with Gasteiger partial charge in [0.2, 0.25) is 0 Å². The number of carbonyl (C=O) groups excluding carboxylic acids is 2. The maximum absolute atomic E-state index is 13.8. The van der Waals surface area contributed by atoms with Crippen LogP contribution in [0.3, 0.4) is 0 Å². The third kappa shape index (κ3) is 5.62. The van der Waals surface area contributed by atoms with Crippen molar-refractivity contribution in [1.29, 1.82) is 0 Å². The average Bonchev–Trinajstić information content (AvgIpc) is 3.17. The van der Waals surface area contributed by atoms with Crippen molar-refractivity contribution < 1.29 is 23.8 Å². The van der Waals surface area contributed by atoms with Crippen LogP contribution in [-0.2, 0) is 14.3 Å². The summed E-state index contributed by atoms with van der Waals surface area (Å²) >= 11 is 1.26. The highest BCUT2D eigenvalue weighted by atomic mass is 32.1. The Morgan fingerprint density at radius 2 is 1.82 bits per heavy atom. The number of hydrogen-bond donors (Lipinski definition) is 0. The van der Waals surface area contributed by atoms with Crippen molar-refractivity contribution in [2.75, 3.05) is 13.7 Å². The third-order valence-corrected chi connectivity index (χ3v) is 6.90. The zero-order chi connectivity index (χ0) is 27.6. The minimum absolute atomic E-state index is 0.136. The summed E-state index contributed by atoms with van der Waals surface area (Å²) in [6, 6.07) is 12.0. The van der Waals surface area contributed by atoms with Gasteiger partial charge in [0.15, 0.2) is 16.3 Å². The summed E-state index contributed by atoms with van der Waals surface area (Å²) in [5, 5.41) is 0. The van der Waals surface area contributed by atoms with E-state index in [1.165, 1.54) is 29.9 Å². The van der Waals surface area contributed by atoms with Crippen LogP contribution >= 0.6 is 11.3 Å². The van der Waals surface area contributed by atoms with Gasteiger partial charge in [-0.15, -0.1) is 0 Å². The van der Waals surface area contributed by atoms with Gasteiger partial charge in [0, 0.05) is 6.92 Å². The number of allylic oxidation sites excluding steroid dienone is 1. The van der Waals surface area contributed by atoms with Crippen LogP contribution in [0, 0.1) is 12.8 Å². The molecule has 2 aromatic carbocycles. The average molecular weight is 535 g/mol. The van der Waals surface area contributed by atoms with Crippen LogP contribution in [0.15, 0.2) is 63.5 Å². The molecule has 0 saturated heterocycles. The fraction of sp³-hybridized carbons (Fsp3) is 0.310. The number of carbonyl (C=O) groups is 2. The molecule has 0 N–H and O–H groups in total. The van der Waals surface area contributed by atoms with Crippen LogP contribution in [0.5, 0.6) is 11.5 Å². The first-order valence-corrected chi connectivity index (χ1v) is 13.0. The third-order valence-electron chi connectivity index (χ3n) is 5.92. The minimum atomic E-state index is -0.814.